The molecule has 0 amide bonds. The molecule has 73 heavy (non-hydrogen) atoms. The van der Waals surface area contributed by atoms with Gasteiger partial charge in [-0.2, -0.15) is 0 Å². The highest BCUT2D eigenvalue weighted by molar-refractivity contribution is 5.71. The Balaban J connectivity index is 4.43. The minimum Gasteiger partial charge on any atom is -0.462 e. The number of carbonyl (C=O) groups excluding carboxylic acids is 3. The number of unbranched alkanes of at least 4 members (excludes halogenated alkanes) is 25. The summed E-state index contributed by atoms with van der Waals surface area (Å²) < 4.78 is 16.8. The van der Waals surface area contributed by atoms with Crippen LogP contribution in [-0.4, -0.2) is 37.2 Å². The first kappa shape index (κ1) is 69.1. The van der Waals surface area contributed by atoms with E-state index in [1.807, 2.05) is 0 Å². The summed E-state index contributed by atoms with van der Waals surface area (Å²) in [5, 5.41) is 0. The minimum absolute atomic E-state index is 0.107. The molecule has 0 aliphatic heterocycles. The van der Waals surface area contributed by atoms with Crippen molar-refractivity contribution in [3.8, 4) is 0 Å². The molecule has 0 aliphatic rings. The third-order valence-corrected chi connectivity index (χ3v) is 12.7. The average Bonchev–Trinajstić information content (AvgIpc) is 3.39. The van der Waals surface area contributed by atoms with Crippen LogP contribution in [0.5, 0.6) is 0 Å². The number of ether oxygens (including phenoxy) is 3. The molecule has 1 atom stereocenters. The molecule has 0 saturated heterocycles. The summed E-state index contributed by atoms with van der Waals surface area (Å²) in [4.78, 5) is 38.2. The Labute approximate surface area is 450 Å². The molecule has 416 valence electrons. The van der Waals surface area contributed by atoms with E-state index in [2.05, 4.69) is 130 Å². The number of esters is 3. The van der Waals surface area contributed by atoms with Crippen LogP contribution in [0.15, 0.2) is 109 Å². The zero-order valence-electron chi connectivity index (χ0n) is 47.6. The summed E-state index contributed by atoms with van der Waals surface area (Å²) in [6.45, 7) is 6.36. The molecule has 6 heteroatoms. The van der Waals surface area contributed by atoms with Crippen LogP contribution in [0.1, 0.15) is 278 Å². The molecule has 0 rings (SSSR count). The second-order valence-electron chi connectivity index (χ2n) is 19.8. The van der Waals surface area contributed by atoms with Crippen molar-refractivity contribution in [2.75, 3.05) is 13.2 Å². The molecule has 0 N–H and O–H groups in total. The number of allylic oxidation sites excluding steroid dienone is 18. The summed E-state index contributed by atoms with van der Waals surface area (Å²) in [6.07, 6.45) is 82.4. The first-order chi connectivity index (χ1) is 36.0. The Hall–Kier alpha value is -3.93. The van der Waals surface area contributed by atoms with E-state index in [4.69, 9.17) is 14.2 Å². The summed E-state index contributed by atoms with van der Waals surface area (Å²) in [5.74, 6) is -0.981. The number of rotatable bonds is 54. The molecule has 1 unspecified atom stereocenters. The molecule has 0 saturated carbocycles. The molecule has 0 bridgehead atoms. The van der Waals surface area contributed by atoms with Crippen LogP contribution >= 0.6 is 0 Å². The normalized spacial score (nSPS) is 12.9. The maximum atomic E-state index is 12.9. The topological polar surface area (TPSA) is 78.9 Å². The van der Waals surface area contributed by atoms with Crippen molar-refractivity contribution in [2.24, 2.45) is 0 Å². The Morgan fingerprint density at radius 1 is 0.288 bits per heavy atom. The van der Waals surface area contributed by atoms with E-state index in [1.165, 1.54) is 116 Å². The van der Waals surface area contributed by atoms with Crippen molar-refractivity contribution in [3.05, 3.63) is 109 Å². The van der Waals surface area contributed by atoms with Gasteiger partial charge in [0.25, 0.3) is 0 Å². The van der Waals surface area contributed by atoms with Crippen molar-refractivity contribution in [3.63, 3.8) is 0 Å². The fourth-order valence-corrected chi connectivity index (χ4v) is 8.25. The molecule has 6 nitrogen and oxygen atoms in total. The van der Waals surface area contributed by atoms with Gasteiger partial charge < -0.3 is 14.2 Å². The van der Waals surface area contributed by atoms with Crippen LogP contribution in [0.2, 0.25) is 0 Å². The maximum Gasteiger partial charge on any atom is 0.306 e. The second kappa shape index (κ2) is 60.6. The molecule has 0 aliphatic carbocycles. The van der Waals surface area contributed by atoms with Gasteiger partial charge in [0.2, 0.25) is 0 Å². The fraction of sp³-hybridized carbons (Fsp3) is 0.687. The summed E-state index contributed by atoms with van der Waals surface area (Å²) in [5.41, 5.74) is 0. The van der Waals surface area contributed by atoms with Crippen LogP contribution in [-0.2, 0) is 28.6 Å². The molecule has 0 aromatic rings. The molecule has 0 radical (unpaired) electrons. The van der Waals surface area contributed by atoms with Crippen LogP contribution in [0, 0.1) is 0 Å². The van der Waals surface area contributed by atoms with Gasteiger partial charge in [0, 0.05) is 19.3 Å². The Bertz CT molecular complexity index is 1490. The highest BCUT2D eigenvalue weighted by atomic mass is 16.6. The van der Waals surface area contributed by atoms with Crippen molar-refractivity contribution in [1.29, 1.82) is 0 Å². The average molecular weight is 1010 g/mol. The van der Waals surface area contributed by atoms with Crippen molar-refractivity contribution >= 4 is 17.9 Å². The van der Waals surface area contributed by atoms with Gasteiger partial charge in [-0.1, -0.05) is 252 Å². The van der Waals surface area contributed by atoms with Crippen molar-refractivity contribution in [2.45, 2.75) is 284 Å². The molecule has 0 aromatic carbocycles. The lowest BCUT2D eigenvalue weighted by atomic mass is 10.0. The first-order valence-corrected chi connectivity index (χ1v) is 30.4. The molecular formula is C67H112O6. The fourth-order valence-electron chi connectivity index (χ4n) is 8.25. The number of hydrogen-bond acceptors (Lipinski definition) is 6. The van der Waals surface area contributed by atoms with Gasteiger partial charge in [-0.05, 0) is 116 Å². The largest absolute Gasteiger partial charge is 0.462 e. The van der Waals surface area contributed by atoms with Crippen LogP contribution in [0.4, 0.5) is 0 Å². The SMILES string of the molecule is CC/C=C\C/C=C\C/C=C\C/C=C\C/C=C\CCCC(=O)OC(COC(=O)CCCCCCC/C=C\C/C=C\C/C=C\CC)COC(=O)CCCCCCCCCCCCC/C=C\CCCCCCCCCC. The third-order valence-electron chi connectivity index (χ3n) is 12.7. The quantitative estimate of drug-likeness (QED) is 0.0261. The van der Waals surface area contributed by atoms with Gasteiger partial charge in [-0.3, -0.25) is 14.4 Å². The molecular weight excluding hydrogens is 901 g/mol. The predicted octanol–water partition coefficient (Wildman–Crippen LogP) is 20.7. The zero-order chi connectivity index (χ0) is 52.9. The second-order valence-corrected chi connectivity index (χ2v) is 19.8. The van der Waals surface area contributed by atoms with E-state index in [1.54, 1.807) is 0 Å². The predicted molar refractivity (Wildman–Crippen MR) is 316 cm³/mol. The van der Waals surface area contributed by atoms with Crippen LogP contribution in [0.3, 0.4) is 0 Å². The van der Waals surface area contributed by atoms with E-state index < -0.39 is 6.10 Å². The van der Waals surface area contributed by atoms with Gasteiger partial charge in [-0.15, -0.1) is 0 Å². The van der Waals surface area contributed by atoms with E-state index >= 15 is 0 Å². The molecule has 0 fully saturated rings. The zero-order valence-corrected chi connectivity index (χ0v) is 47.6. The first-order valence-electron chi connectivity index (χ1n) is 30.4. The van der Waals surface area contributed by atoms with Crippen LogP contribution in [0.25, 0.3) is 0 Å². The van der Waals surface area contributed by atoms with Gasteiger partial charge in [0.05, 0.1) is 0 Å². The van der Waals surface area contributed by atoms with Gasteiger partial charge in [0.15, 0.2) is 6.10 Å². The molecule has 0 spiro atoms. The Kier molecular flexibility index (Phi) is 57.4. The number of carbonyl (C=O) groups is 3. The number of hydrogen-bond donors (Lipinski definition) is 0. The van der Waals surface area contributed by atoms with Gasteiger partial charge in [-0.25, -0.2) is 0 Å². The van der Waals surface area contributed by atoms with E-state index in [0.717, 1.165) is 116 Å². The van der Waals surface area contributed by atoms with Crippen LogP contribution < -0.4 is 0 Å². The van der Waals surface area contributed by atoms with Crippen molar-refractivity contribution < 1.29 is 28.6 Å². The summed E-state index contributed by atoms with van der Waals surface area (Å²) in [7, 11) is 0. The lowest BCUT2D eigenvalue weighted by Gasteiger charge is -2.18. The lowest BCUT2D eigenvalue weighted by Crippen LogP contribution is -2.30. The monoisotopic (exact) mass is 1010 g/mol. The highest BCUT2D eigenvalue weighted by Crippen LogP contribution is 2.15. The lowest BCUT2D eigenvalue weighted by molar-refractivity contribution is -0.167. The van der Waals surface area contributed by atoms with E-state index in [9.17, 15) is 14.4 Å². The maximum absolute atomic E-state index is 12.9. The van der Waals surface area contributed by atoms with E-state index in [0.29, 0.717) is 19.3 Å². The third kappa shape index (κ3) is 58.8. The smallest absolute Gasteiger partial charge is 0.306 e. The summed E-state index contributed by atoms with van der Waals surface area (Å²) >= 11 is 0. The minimum atomic E-state index is -0.818. The Morgan fingerprint density at radius 2 is 0.548 bits per heavy atom. The van der Waals surface area contributed by atoms with Crippen molar-refractivity contribution in [1.82, 2.24) is 0 Å². The highest BCUT2D eigenvalue weighted by Gasteiger charge is 2.19. The van der Waals surface area contributed by atoms with E-state index in [-0.39, 0.29) is 37.5 Å². The van der Waals surface area contributed by atoms with Gasteiger partial charge >= 0.3 is 17.9 Å². The molecule has 0 heterocycles. The Morgan fingerprint density at radius 3 is 0.890 bits per heavy atom. The molecule has 0 aromatic heterocycles. The summed E-state index contributed by atoms with van der Waals surface area (Å²) in [6, 6.07) is 0. The standard InChI is InChI=1S/C67H112O6/c1-4-7-10-13-16-19-22-25-28-30-31-32-33-34-35-37-39-42-45-48-51-54-57-60-66(69)72-63-64(62-71-65(68)59-56-53-50-47-44-41-38-27-24-21-18-15-12-9-6-3)73-67(70)61-58-55-52-49-46-43-40-36-29-26-23-20-17-14-11-8-5-2/h8-9,11-12,17-18,20-21,26-27,29-31,38,40,43,49,52,64H,4-7,10,13-16,19,22-25,28,32-37,39,41-42,44-48,50-51,53-63H2,1-3H3/b11-8-,12-9-,20-17-,21-18-,29-26-,31-30-,38-27-,43-40-,52-49-. The van der Waals surface area contributed by atoms with Gasteiger partial charge in [0.1, 0.15) is 13.2 Å².